The summed E-state index contributed by atoms with van der Waals surface area (Å²) in [6.45, 7) is 4.79. The number of thiophene rings is 1. The van der Waals surface area contributed by atoms with Crippen molar-refractivity contribution in [3.8, 4) is 0 Å². The van der Waals surface area contributed by atoms with Crippen LogP contribution >= 0.6 is 11.3 Å². The van der Waals surface area contributed by atoms with Gasteiger partial charge in [-0.3, -0.25) is 4.79 Å². The number of aryl methyl sites for hydroxylation is 2. The third kappa shape index (κ3) is 2.53. The fourth-order valence-corrected chi connectivity index (χ4v) is 4.04. The standard InChI is InChI=1S/C18H18N4OS/c1-3-22-15-6-5-13(9-12(15)4-7-16(22)23)21-17-14-8-11(2)24-18(14)20-10-19-17/h5-6,8-10H,3-4,7H2,1-2H3,(H,19,20,21). The van der Waals surface area contributed by atoms with Crippen LogP contribution in [0, 0.1) is 6.92 Å². The van der Waals surface area contributed by atoms with Crippen molar-refractivity contribution >= 4 is 44.7 Å². The molecule has 122 valence electrons. The number of carbonyl (C=O) groups is 1. The fraction of sp³-hybridized carbons (Fsp3) is 0.278. The Morgan fingerprint density at radius 3 is 2.96 bits per heavy atom. The molecule has 24 heavy (non-hydrogen) atoms. The Bertz CT molecular complexity index is 934. The van der Waals surface area contributed by atoms with Crippen LogP contribution in [0.1, 0.15) is 23.8 Å². The van der Waals surface area contributed by atoms with Crippen LogP contribution in [0.15, 0.2) is 30.6 Å². The van der Waals surface area contributed by atoms with Gasteiger partial charge in [0.05, 0.1) is 5.39 Å². The molecule has 4 rings (SSSR count). The Kier molecular flexibility index (Phi) is 3.69. The summed E-state index contributed by atoms with van der Waals surface area (Å²) in [4.78, 5) is 24.8. The number of nitrogens with zero attached hydrogens (tertiary/aromatic N) is 3. The average Bonchev–Trinajstić information content (AvgIpc) is 2.96. The van der Waals surface area contributed by atoms with Crippen LogP contribution in [0.25, 0.3) is 10.2 Å². The van der Waals surface area contributed by atoms with E-state index in [2.05, 4.69) is 34.3 Å². The second-order valence-electron chi connectivity index (χ2n) is 5.90. The van der Waals surface area contributed by atoms with Gasteiger partial charge in [0, 0.05) is 29.2 Å². The number of hydrogen-bond acceptors (Lipinski definition) is 5. The molecule has 0 radical (unpaired) electrons. The van der Waals surface area contributed by atoms with E-state index in [0.717, 1.165) is 33.8 Å². The van der Waals surface area contributed by atoms with Crippen molar-refractivity contribution in [1.29, 1.82) is 0 Å². The minimum atomic E-state index is 0.206. The highest BCUT2D eigenvalue weighted by Crippen LogP contribution is 2.33. The molecule has 3 heterocycles. The number of nitrogens with one attached hydrogen (secondary N) is 1. The SMILES string of the molecule is CCN1C(=O)CCc2cc(Nc3ncnc4sc(C)cc34)ccc21. The molecule has 0 bridgehead atoms. The number of benzene rings is 1. The van der Waals surface area contributed by atoms with Crippen molar-refractivity contribution in [3.05, 3.63) is 41.0 Å². The summed E-state index contributed by atoms with van der Waals surface area (Å²) in [6, 6.07) is 8.26. The highest BCUT2D eigenvalue weighted by Gasteiger charge is 2.22. The lowest BCUT2D eigenvalue weighted by atomic mass is 10.0. The molecule has 0 unspecified atom stereocenters. The van der Waals surface area contributed by atoms with Crippen LogP contribution < -0.4 is 10.2 Å². The Morgan fingerprint density at radius 2 is 2.12 bits per heavy atom. The van der Waals surface area contributed by atoms with E-state index in [9.17, 15) is 4.79 Å². The maximum absolute atomic E-state index is 12.0. The van der Waals surface area contributed by atoms with Gasteiger partial charge in [-0.15, -0.1) is 11.3 Å². The maximum atomic E-state index is 12.0. The van der Waals surface area contributed by atoms with Crippen molar-refractivity contribution in [1.82, 2.24) is 9.97 Å². The van der Waals surface area contributed by atoms with E-state index >= 15 is 0 Å². The summed E-state index contributed by atoms with van der Waals surface area (Å²) in [5, 5.41) is 4.45. The molecule has 5 nitrogen and oxygen atoms in total. The normalized spacial score (nSPS) is 14.1. The minimum absolute atomic E-state index is 0.206. The molecule has 0 aliphatic carbocycles. The second kappa shape index (κ2) is 5.87. The molecule has 0 saturated heterocycles. The van der Waals surface area contributed by atoms with Gasteiger partial charge in [-0.05, 0) is 50.1 Å². The number of hydrogen-bond donors (Lipinski definition) is 1. The molecule has 1 aromatic carbocycles. The Morgan fingerprint density at radius 1 is 1.25 bits per heavy atom. The molecule has 0 atom stereocenters. The predicted molar refractivity (Wildman–Crippen MR) is 98.2 cm³/mol. The van der Waals surface area contributed by atoms with Crippen LogP contribution in [-0.2, 0) is 11.2 Å². The first-order valence-electron chi connectivity index (χ1n) is 8.07. The van der Waals surface area contributed by atoms with Gasteiger partial charge in [0.25, 0.3) is 0 Å². The van der Waals surface area contributed by atoms with Crippen molar-refractivity contribution < 1.29 is 4.79 Å². The molecule has 0 saturated carbocycles. The van der Waals surface area contributed by atoms with Crippen LogP contribution in [0.3, 0.4) is 0 Å². The quantitative estimate of drug-likeness (QED) is 0.783. The third-order valence-electron chi connectivity index (χ3n) is 4.31. The first-order chi connectivity index (χ1) is 11.7. The maximum Gasteiger partial charge on any atom is 0.227 e. The molecular formula is C18H18N4OS. The first kappa shape index (κ1) is 15.1. The van der Waals surface area contributed by atoms with Gasteiger partial charge in [0.15, 0.2) is 0 Å². The van der Waals surface area contributed by atoms with Crippen molar-refractivity contribution in [2.45, 2.75) is 26.7 Å². The number of aromatic nitrogens is 2. The van der Waals surface area contributed by atoms with Gasteiger partial charge in [-0.25, -0.2) is 9.97 Å². The molecule has 2 aromatic heterocycles. The lowest BCUT2D eigenvalue weighted by Gasteiger charge is -2.28. The lowest BCUT2D eigenvalue weighted by molar-refractivity contribution is -0.118. The zero-order valence-corrected chi connectivity index (χ0v) is 14.5. The summed E-state index contributed by atoms with van der Waals surface area (Å²) in [5.74, 6) is 1.03. The third-order valence-corrected chi connectivity index (χ3v) is 5.27. The van der Waals surface area contributed by atoms with Gasteiger partial charge in [-0.2, -0.15) is 0 Å². The number of fused-ring (bicyclic) bond motifs is 2. The summed E-state index contributed by atoms with van der Waals surface area (Å²) in [6.07, 6.45) is 2.96. The molecule has 1 aliphatic rings. The molecule has 1 N–H and O–H groups in total. The van der Waals surface area contributed by atoms with Gasteiger partial charge >= 0.3 is 0 Å². The summed E-state index contributed by atoms with van der Waals surface area (Å²) in [7, 11) is 0. The van der Waals surface area contributed by atoms with Crippen molar-refractivity contribution in [3.63, 3.8) is 0 Å². The molecule has 3 aromatic rings. The molecule has 1 aliphatic heterocycles. The van der Waals surface area contributed by atoms with E-state index in [-0.39, 0.29) is 5.91 Å². The Labute approximate surface area is 144 Å². The van der Waals surface area contributed by atoms with Crippen LogP contribution in [0.2, 0.25) is 0 Å². The monoisotopic (exact) mass is 338 g/mol. The second-order valence-corrected chi connectivity index (χ2v) is 7.14. The smallest absolute Gasteiger partial charge is 0.227 e. The highest BCUT2D eigenvalue weighted by molar-refractivity contribution is 7.18. The number of carbonyl (C=O) groups excluding carboxylic acids is 1. The van der Waals surface area contributed by atoms with E-state index < -0.39 is 0 Å². The van der Waals surface area contributed by atoms with Crippen LogP contribution in [0.5, 0.6) is 0 Å². The Balaban J connectivity index is 1.69. The Hall–Kier alpha value is -2.47. The topological polar surface area (TPSA) is 58.1 Å². The lowest BCUT2D eigenvalue weighted by Crippen LogP contribution is -2.34. The highest BCUT2D eigenvalue weighted by atomic mass is 32.1. The van der Waals surface area contributed by atoms with Crippen molar-refractivity contribution in [2.75, 3.05) is 16.8 Å². The van der Waals surface area contributed by atoms with E-state index in [4.69, 9.17) is 0 Å². The molecule has 0 spiro atoms. The number of amides is 1. The summed E-state index contributed by atoms with van der Waals surface area (Å²) >= 11 is 1.67. The van der Waals surface area contributed by atoms with Crippen molar-refractivity contribution in [2.24, 2.45) is 0 Å². The van der Waals surface area contributed by atoms with Crippen LogP contribution in [0.4, 0.5) is 17.2 Å². The van der Waals surface area contributed by atoms with Gasteiger partial charge in [0.1, 0.15) is 17.0 Å². The number of rotatable bonds is 3. The summed E-state index contributed by atoms with van der Waals surface area (Å²) < 4.78 is 0. The predicted octanol–water partition coefficient (Wildman–Crippen LogP) is 4.04. The zero-order chi connectivity index (χ0) is 16.7. The van der Waals surface area contributed by atoms with Gasteiger partial charge in [-0.1, -0.05) is 0 Å². The molecular weight excluding hydrogens is 320 g/mol. The van der Waals surface area contributed by atoms with Crippen LogP contribution in [-0.4, -0.2) is 22.4 Å². The minimum Gasteiger partial charge on any atom is -0.340 e. The number of anilines is 3. The van der Waals surface area contributed by atoms with Gasteiger partial charge < -0.3 is 10.2 Å². The molecule has 0 fully saturated rings. The average molecular weight is 338 g/mol. The van der Waals surface area contributed by atoms with E-state index in [1.165, 1.54) is 10.4 Å². The fourth-order valence-electron chi connectivity index (χ4n) is 3.20. The van der Waals surface area contributed by atoms with Gasteiger partial charge in [0.2, 0.25) is 5.91 Å². The van der Waals surface area contributed by atoms with E-state index in [1.807, 2.05) is 24.0 Å². The largest absolute Gasteiger partial charge is 0.340 e. The summed E-state index contributed by atoms with van der Waals surface area (Å²) in [5.41, 5.74) is 3.22. The van der Waals surface area contributed by atoms with E-state index in [0.29, 0.717) is 13.0 Å². The zero-order valence-electron chi connectivity index (χ0n) is 13.7. The molecule has 6 heteroatoms. The molecule has 1 amide bonds. The van der Waals surface area contributed by atoms with E-state index in [1.54, 1.807) is 17.7 Å². The first-order valence-corrected chi connectivity index (χ1v) is 8.89.